The van der Waals surface area contributed by atoms with Crippen LogP contribution in [0.1, 0.15) is 22.5 Å². The molecule has 1 aromatic carbocycles. The second-order valence-electron chi connectivity index (χ2n) is 6.55. The zero-order valence-electron chi connectivity index (χ0n) is 14.6. The Labute approximate surface area is 143 Å². The smallest absolute Gasteiger partial charge is 0.321 e. The lowest BCUT2D eigenvalue weighted by atomic mass is 10.1. The first-order chi connectivity index (χ1) is 11.5. The molecule has 1 aliphatic rings. The fraction of sp³-hybridized carbons (Fsp3) is 0.421. The standard InChI is InChI=1S/C19H25N3O2/c1-14-11-15(2)18(16(3)12-14)20-19(23)22-8-6-21(7-9-22)13-17-5-4-10-24-17/h4-5,10-12H,6-9,13H2,1-3H3,(H,20,23). The summed E-state index contributed by atoms with van der Waals surface area (Å²) in [6.07, 6.45) is 1.70. The van der Waals surface area contributed by atoms with Gasteiger partial charge in [0.15, 0.2) is 0 Å². The van der Waals surface area contributed by atoms with Crippen LogP contribution in [0.15, 0.2) is 34.9 Å². The molecular formula is C19H25N3O2. The van der Waals surface area contributed by atoms with E-state index < -0.39 is 0 Å². The van der Waals surface area contributed by atoms with E-state index in [1.54, 1.807) is 6.26 Å². The van der Waals surface area contributed by atoms with E-state index in [-0.39, 0.29) is 6.03 Å². The number of urea groups is 1. The van der Waals surface area contributed by atoms with E-state index in [4.69, 9.17) is 4.42 Å². The van der Waals surface area contributed by atoms with Gasteiger partial charge in [-0.1, -0.05) is 17.7 Å². The highest BCUT2D eigenvalue weighted by atomic mass is 16.3. The number of hydrogen-bond acceptors (Lipinski definition) is 3. The van der Waals surface area contributed by atoms with Crippen molar-refractivity contribution in [2.45, 2.75) is 27.3 Å². The number of nitrogens with zero attached hydrogens (tertiary/aromatic N) is 2. The largest absolute Gasteiger partial charge is 0.468 e. The molecule has 0 spiro atoms. The average Bonchev–Trinajstić information content (AvgIpc) is 3.04. The van der Waals surface area contributed by atoms with Crippen LogP contribution in [0.25, 0.3) is 0 Å². The third kappa shape index (κ3) is 3.79. The van der Waals surface area contributed by atoms with E-state index in [0.29, 0.717) is 0 Å². The Kier molecular flexibility index (Phi) is 4.90. The van der Waals surface area contributed by atoms with Gasteiger partial charge < -0.3 is 14.6 Å². The molecule has 0 aliphatic carbocycles. The maximum atomic E-state index is 12.6. The summed E-state index contributed by atoms with van der Waals surface area (Å²) in [6, 6.07) is 8.09. The summed E-state index contributed by atoms with van der Waals surface area (Å²) < 4.78 is 5.39. The fourth-order valence-electron chi connectivity index (χ4n) is 3.30. The maximum absolute atomic E-state index is 12.6. The van der Waals surface area contributed by atoms with E-state index in [1.807, 2.05) is 30.9 Å². The third-order valence-electron chi connectivity index (χ3n) is 4.53. The first kappa shape index (κ1) is 16.6. The highest BCUT2D eigenvalue weighted by Crippen LogP contribution is 2.22. The van der Waals surface area contributed by atoms with Crippen molar-refractivity contribution in [2.75, 3.05) is 31.5 Å². The fourth-order valence-corrected chi connectivity index (χ4v) is 3.30. The number of nitrogens with one attached hydrogen (secondary N) is 1. The minimum Gasteiger partial charge on any atom is -0.468 e. The van der Waals surface area contributed by atoms with E-state index in [1.165, 1.54) is 5.56 Å². The van der Waals surface area contributed by atoms with Crippen LogP contribution in [0, 0.1) is 20.8 Å². The molecule has 1 saturated heterocycles. The molecule has 0 bridgehead atoms. The lowest BCUT2D eigenvalue weighted by Gasteiger charge is -2.34. The Bertz CT molecular complexity index is 678. The van der Waals surface area contributed by atoms with Gasteiger partial charge >= 0.3 is 6.03 Å². The second kappa shape index (κ2) is 7.09. The van der Waals surface area contributed by atoms with Gasteiger partial charge in [-0.05, 0) is 44.0 Å². The molecule has 1 N–H and O–H groups in total. The Morgan fingerprint density at radius 2 is 1.79 bits per heavy atom. The minimum absolute atomic E-state index is 0.0114. The SMILES string of the molecule is Cc1cc(C)c(NC(=O)N2CCN(Cc3ccco3)CC2)c(C)c1. The van der Waals surface area contributed by atoms with E-state index >= 15 is 0 Å². The predicted molar refractivity (Wildman–Crippen MR) is 95.2 cm³/mol. The lowest BCUT2D eigenvalue weighted by Crippen LogP contribution is -2.49. The molecule has 3 rings (SSSR count). The third-order valence-corrected chi connectivity index (χ3v) is 4.53. The Morgan fingerprint density at radius 1 is 1.12 bits per heavy atom. The predicted octanol–water partition coefficient (Wildman–Crippen LogP) is 3.55. The molecule has 0 atom stereocenters. The Morgan fingerprint density at radius 3 is 2.38 bits per heavy atom. The first-order valence-corrected chi connectivity index (χ1v) is 8.41. The second-order valence-corrected chi connectivity index (χ2v) is 6.55. The molecule has 2 amide bonds. The van der Waals surface area contributed by atoms with Crippen LogP contribution in [-0.4, -0.2) is 42.0 Å². The van der Waals surface area contributed by atoms with Crippen molar-refractivity contribution < 1.29 is 9.21 Å². The lowest BCUT2D eigenvalue weighted by molar-refractivity contribution is 0.137. The number of hydrogen-bond donors (Lipinski definition) is 1. The summed E-state index contributed by atoms with van der Waals surface area (Å²) in [5, 5.41) is 3.09. The molecule has 0 saturated carbocycles. The van der Waals surface area contributed by atoms with Crippen molar-refractivity contribution in [1.29, 1.82) is 0 Å². The summed E-state index contributed by atoms with van der Waals surface area (Å²) >= 11 is 0. The van der Waals surface area contributed by atoms with Gasteiger partial charge in [0.2, 0.25) is 0 Å². The number of carbonyl (C=O) groups excluding carboxylic acids is 1. The molecular weight excluding hydrogens is 302 g/mol. The Balaban J connectivity index is 1.56. The van der Waals surface area contributed by atoms with Gasteiger partial charge in [0.1, 0.15) is 5.76 Å². The molecule has 1 aliphatic heterocycles. The number of benzene rings is 1. The summed E-state index contributed by atoms with van der Waals surface area (Å²) in [5.41, 5.74) is 4.37. The van der Waals surface area contributed by atoms with Crippen molar-refractivity contribution in [3.8, 4) is 0 Å². The molecule has 0 unspecified atom stereocenters. The molecule has 24 heavy (non-hydrogen) atoms. The Hall–Kier alpha value is -2.27. The molecule has 0 radical (unpaired) electrons. The van der Waals surface area contributed by atoms with Crippen LogP contribution in [-0.2, 0) is 6.54 Å². The van der Waals surface area contributed by atoms with E-state index in [2.05, 4.69) is 29.3 Å². The molecule has 5 heteroatoms. The summed E-state index contributed by atoms with van der Waals surface area (Å²) in [4.78, 5) is 16.8. The number of aryl methyl sites for hydroxylation is 3. The number of carbonyl (C=O) groups is 1. The molecule has 128 valence electrons. The van der Waals surface area contributed by atoms with Crippen LogP contribution >= 0.6 is 0 Å². The number of piperazine rings is 1. The summed E-state index contributed by atoms with van der Waals surface area (Å²) in [6.45, 7) is 10.1. The monoisotopic (exact) mass is 327 g/mol. The van der Waals surface area contributed by atoms with Gasteiger partial charge in [0.25, 0.3) is 0 Å². The molecule has 5 nitrogen and oxygen atoms in total. The van der Waals surface area contributed by atoms with Crippen LogP contribution in [0.4, 0.5) is 10.5 Å². The van der Waals surface area contributed by atoms with Crippen molar-refractivity contribution in [2.24, 2.45) is 0 Å². The maximum Gasteiger partial charge on any atom is 0.321 e. The number of anilines is 1. The van der Waals surface area contributed by atoms with Crippen LogP contribution in [0.5, 0.6) is 0 Å². The summed E-state index contributed by atoms with van der Waals surface area (Å²) in [7, 11) is 0. The highest BCUT2D eigenvalue weighted by molar-refractivity contribution is 5.91. The van der Waals surface area contributed by atoms with E-state index in [0.717, 1.165) is 55.3 Å². The van der Waals surface area contributed by atoms with Gasteiger partial charge in [-0.3, -0.25) is 4.90 Å². The quantitative estimate of drug-likeness (QED) is 0.938. The van der Waals surface area contributed by atoms with Crippen molar-refractivity contribution in [3.05, 3.63) is 53.0 Å². The van der Waals surface area contributed by atoms with Crippen LogP contribution < -0.4 is 5.32 Å². The topological polar surface area (TPSA) is 48.7 Å². The molecule has 2 heterocycles. The first-order valence-electron chi connectivity index (χ1n) is 8.41. The van der Waals surface area contributed by atoms with Gasteiger partial charge in [-0.15, -0.1) is 0 Å². The van der Waals surface area contributed by atoms with Crippen LogP contribution in [0.3, 0.4) is 0 Å². The van der Waals surface area contributed by atoms with Crippen molar-refractivity contribution >= 4 is 11.7 Å². The van der Waals surface area contributed by atoms with E-state index in [9.17, 15) is 4.79 Å². The number of rotatable bonds is 3. The highest BCUT2D eigenvalue weighted by Gasteiger charge is 2.22. The van der Waals surface area contributed by atoms with Crippen LogP contribution in [0.2, 0.25) is 0 Å². The molecule has 1 aromatic heterocycles. The zero-order valence-corrected chi connectivity index (χ0v) is 14.6. The molecule has 2 aromatic rings. The molecule has 1 fully saturated rings. The normalized spacial score (nSPS) is 15.5. The average molecular weight is 327 g/mol. The van der Waals surface area contributed by atoms with Gasteiger partial charge in [-0.25, -0.2) is 4.79 Å². The number of furan rings is 1. The van der Waals surface area contributed by atoms with Gasteiger partial charge in [-0.2, -0.15) is 0 Å². The van der Waals surface area contributed by atoms with Gasteiger partial charge in [0, 0.05) is 31.9 Å². The van der Waals surface area contributed by atoms with Crippen molar-refractivity contribution in [3.63, 3.8) is 0 Å². The zero-order chi connectivity index (χ0) is 17.1. The minimum atomic E-state index is -0.0114. The van der Waals surface area contributed by atoms with Gasteiger partial charge in [0.05, 0.1) is 12.8 Å². The number of amides is 2. The van der Waals surface area contributed by atoms with Crippen molar-refractivity contribution in [1.82, 2.24) is 9.80 Å². The summed E-state index contributed by atoms with van der Waals surface area (Å²) in [5.74, 6) is 0.971.